The normalized spacial score (nSPS) is 11.9. The van der Waals surface area contributed by atoms with Gasteiger partial charge in [0.2, 0.25) is 0 Å². The molecule has 1 atom stereocenters. The summed E-state index contributed by atoms with van der Waals surface area (Å²) in [7, 11) is 0. The molecule has 0 aliphatic carbocycles. The highest BCUT2D eigenvalue weighted by molar-refractivity contribution is 5.84. The summed E-state index contributed by atoms with van der Waals surface area (Å²) in [5, 5.41) is 5.03. The number of carbonyl (C=O) groups is 1. The van der Waals surface area contributed by atoms with E-state index >= 15 is 0 Å². The van der Waals surface area contributed by atoms with E-state index < -0.39 is 0 Å². The third kappa shape index (κ3) is 3.90. The number of nitrogens with one attached hydrogen (secondary N) is 1. The maximum Gasteiger partial charge on any atom is 0.258 e. The van der Waals surface area contributed by atoms with Gasteiger partial charge < -0.3 is 10.1 Å². The van der Waals surface area contributed by atoms with E-state index in [4.69, 9.17) is 4.74 Å². The molecule has 3 aromatic rings. The highest BCUT2D eigenvalue weighted by Gasteiger charge is 2.10. The van der Waals surface area contributed by atoms with E-state index in [0.717, 1.165) is 16.3 Å². The smallest absolute Gasteiger partial charge is 0.258 e. The molecular formula is C20H18FNO2. The molecule has 1 unspecified atom stereocenters. The summed E-state index contributed by atoms with van der Waals surface area (Å²) in [6.07, 6.45) is 0. The highest BCUT2D eigenvalue weighted by Crippen LogP contribution is 2.20. The maximum atomic E-state index is 12.9. The first-order valence-electron chi connectivity index (χ1n) is 7.78. The van der Waals surface area contributed by atoms with Gasteiger partial charge in [0.15, 0.2) is 6.61 Å². The van der Waals surface area contributed by atoms with E-state index in [1.165, 1.54) is 12.1 Å². The van der Waals surface area contributed by atoms with Crippen molar-refractivity contribution in [3.05, 3.63) is 78.1 Å². The summed E-state index contributed by atoms with van der Waals surface area (Å²) in [5.74, 6) is 0.134. The van der Waals surface area contributed by atoms with Gasteiger partial charge >= 0.3 is 0 Å². The van der Waals surface area contributed by atoms with Crippen molar-refractivity contribution in [2.75, 3.05) is 6.61 Å². The summed E-state index contributed by atoms with van der Waals surface area (Å²) in [4.78, 5) is 12.0. The molecule has 0 aliphatic heterocycles. The Morgan fingerprint density at radius 3 is 2.50 bits per heavy atom. The quantitative estimate of drug-likeness (QED) is 0.763. The summed E-state index contributed by atoms with van der Waals surface area (Å²) < 4.78 is 18.5. The molecule has 0 saturated carbocycles. The van der Waals surface area contributed by atoms with Crippen LogP contribution in [0.2, 0.25) is 0 Å². The number of amides is 1. The molecule has 0 bridgehead atoms. The molecule has 0 aromatic heterocycles. The summed E-state index contributed by atoms with van der Waals surface area (Å²) >= 11 is 0. The minimum Gasteiger partial charge on any atom is -0.484 e. The van der Waals surface area contributed by atoms with Gasteiger partial charge in [-0.2, -0.15) is 0 Å². The van der Waals surface area contributed by atoms with Crippen LogP contribution < -0.4 is 10.1 Å². The third-order valence-corrected chi connectivity index (χ3v) is 3.84. The first kappa shape index (κ1) is 16.0. The number of carbonyl (C=O) groups excluding carboxylic acids is 1. The number of fused-ring (bicyclic) bond motifs is 1. The van der Waals surface area contributed by atoms with E-state index in [1.807, 2.05) is 49.4 Å². The predicted octanol–water partition coefficient (Wildman–Crippen LogP) is 4.24. The van der Waals surface area contributed by atoms with E-state index in [9.17, 15) is 9.18 Å². The molecule has 0 radical (unpaired) electrons. The first-order chi connectivity index (χ1) is 11.6. The number of hydrogen-bond donors (Lipinski definition) is 1. The van der Waals surface area contributed by atoms with Gasteiger partial charge in [-0.05, 0) is 47.5 Å². The molecule has 1 N–H and O–H groups in total. The van der Waals surface area contributed by atoms with Gasteiger partial charge in [-0.15, -0.1) is 0 Å². The Bertz CT molecular complexity index is 846. The number of halogens is 1. The van der Waals surface area contributed by atoms with Crippen molar-refractivity contribution >= 4 is 16.7 Å². The standard InChI is InChI=1S/C20H18FNO2/c1-14(15-6-9-18(21)10-7-15)22-20(23)13-24-19-11-8-16-4-2-3-5-17(16)12-19/h2-12,14H,13H2,1H3,(H,22,23). The van der Waals surface area contributed by atoms with Crippen LogP contribution in [0.25, 0.3) is 10.8 Å². The highest BCUT2D eigenvalue weighted by atomic mass is 19.1. The molecular weight excluding hydrogens is 305 g/mol. The minimum atomic E-state index is -0.295. The number of ether oxygens (including phenoxy) is 1. The fraction of sp³-hybridized carbons (Fsp3) is 0.150. The molecule has 1 amide bonds. The molecule has 3 nitrogen and oxygen atoms in total. The molecule has 3 rings (SSSR count). The van der Waals surface area contributed by atoms with Crippen LogP contribution in [0.3, 0.4) is 0 Å². The lowest BCUT2D eigenvalue weighted by molar-refractivity contribution is -0.123. The molecule has 24 heavy (non-hydrogen) atoms. The minimum absolute atomic E-state index is 0.0656. The SMILES string of the molecule is CC(NC(=O)COc1ccc2ccccc2c1)c1ccc(F)cc1. The van der Waals surface area contributed by atoms with Crippen molar-refractivity contribution in [2.24, 2.45) is 0 Å². The van der Waals surface area contributed by atoms with Gasteiger partial charge in [-0.1, -0.05) is 42.5 Å². The molecule has 0 heterocycles. The molecule has 0 aliphatic rings. The van der Waals surface area contributed by atoms with Crippen molar-refractivity contribution in [1.82, 2.24) is 5.32 Å². The number of benzene rings is 3. The van der Waals surface area contributed by atoms with Crippen molar-refractivity contribution < 1.29 is 13.9 Å². The lowest BCUT2D eigenvalue weighted by Crippen LogP contribution is -2.31. The summed E-state index contributed by atoms with van der Waals surface area (Å²) in [6, 6.07) is 19.5. The van der Waals surface area contributed by atoms with E-state index in [1.54, 1.807) is 12.1 Å². The van der Waals surface area contributed by atoms with Crippen LogP contribution in [0.1, 0.15) is 18.5 Å². The maximum absolute atomic E-state index is 12.9. The Hall–Kier alpha value is -2.88. The zero-order valence-corrected chi connectivity index (χ0v) is 13.3. The van der Waals surface area contributed by atoms with Gasteiger partial charge in [0.05, 0.1) is 6.04 Å². The Morgan fingerprint density at radius 1 is 1.04 bits per heavy atom. The van der Waals surface area contributed by atoms with Crippen LogP contribution in [0.4, 0.5) is 4.39 Å². The van der Waals surface area contributed by atoms with Crippen LogP contribution in [-0.4, -0.2) is 12.5 Å². The Balaban J connectivity index is 1.57. The van der Waals surface area contributed by atoms with Crippen LogP contribution >= 0.6 is 0 Å². The molecule has 0 spiro atoms. The van der Waals surface area contributed by atoms with Crippen molar-refractivity contribution in [1.29, 1.82) is 0 Å². The average Bonchev–Trinajstić information content (AvgIpc) is 2.60. The fourth-order valence-corrected chi connectivity index (χ4v) is 2.52. The second-order valence-corrected chi connectivity index (χ2v) is 5.64. The van der Waals surface area contributed by atoms with E-state index in [-0.39, 0.29) is 24.4 Å². The first-order valence-corrected chi connectivity index (χ1v) is 7.78. The Morgan fingerprint density at radius 2 is 1.75 bits per heavy atom. The van der Waals surface area contributed by atoms with Gasteiger partial charge in [-0.3, -0.25) is 4.79 Å². The number of hydrogen-bond acceptors (Lipinski definition) is 2. The zero-order valence-electron chi connectivity index (χ0n) is 13.3. The lowest BCUT2D eigenvalue weighted by Gasteiger charge is -2.15. The second-order valence-electron chi connectivity index (χ2n) is 5.64. The van der Waals surface area contributed by atoms with Crippen molar-refractivity contribution in [2.45, 2.75) is 13.0 Å². The molecule has 122 valence electrons. The topological polar surface area (TPSA) is 38.3 Å². The van der Waals surface area contributed by atoms with Gasteiger partial charge in [0.25, 0.3) is 5.91 Å². The third-order valence-electron chi connectivity index (χ3n) is 3.84. The summed E-state index contributed by atoms with van der Waals surface area (Å²) in [6.45, 7) is 1.78. The molecule has 0 saturated heterocycles. The number of rotatable bonds is 5. The van der Waals surface area contributed by atoms with E-state index in [0.29, 0.717) is 5.75 Å². The zero-order chi connectivity index (χ0) is 16.9. The Kier molecular flexibility index (Phi) is 4.75. The van der Waals surface area contributed by atoms with Gasteiger partial charge in [-0.25, -0.2) is 4.39 Å². The predicted molar refractivity (Wildman–Crippen MR) is 92.4 cm³/mol. The largest absolute Gasteiger partial charge is 0.484 e. The Labute approximate surface area is 140 Å². The van der Waals surface area contributed by atoms with Crippen LogP contribution in [0.5, 0.6) is 5.75 Å². The average molecular weight is 323 g/mol. The summed E-state index contributed by atoms with van der Waals surface area (Å²) in [5.41, 5.74) is 0.843. The fourth-order valence-electron chi connectivity index (χ4n) is 2.52. The van der Waals surface area contributed by atoms with Gasteiger partial charge in [0, 0.05) is 0 Å². The van der Waals surface area contributed by atoms with Crippen molar-refractivity contribution in [3.63, 3.8) is 0 Å². The van der Waals surface area contributed by atoms with Gasteiger partial charge in [0.1, 0.15) is 11.6 Å². The van der Waals surface area contributed by atoms with Crippen LogP contribution in [-0.2, 0) is 4.79 Å². The monoisotopic (exact) mass is 323 g/mol. The molecule has 0 fully saturated rings. The van der Waals surface area contributed by atoms with Crippen molar-refractivity contribution in [3.8, 4) is 5.75 Å². The lowest BCUT2D eigenvalue weighted by atomic mass is 10.1. The molecule has 3 aromatic carbocycles. The second kappa shape index (κ2) is 7.13. The van der Waals surface area contributed by atoms with Crippen LogP contribution in [0, 0.1) is 5.82 Å². The van der Waals surface area contributed by atoms with E-state index in [2.05, 4.69) is 5.32 Å². The molecule has 4 heteroatoms. The van der Waals surface area contributed by atoms with Crippen LogP contribution in [0.15, 0.2) is 66.7 Å².